The number of hydrogen-bond donors (Lipinski definition) is 1. The monoisotopic (exact) mass is 315 g/mol. The average Bonchev–Trinajstić information content (AvgIpc) is 3.20. The molecular formula is C19H17N5. The van der Waals surface area contributed by atoms with Crippen LogP contribution in [0.4, 0.5) is 0 Å². The second-order valence-corrected chi connectivity index (χ2v) is 5.80. The molecule has 0 radical (unpaired) electrons. The van der Waals surface area contributed by atoms with Gasteiger partial charge < -0.3 is 4.98 Å². The van der Waals surface area contributed by atoms with Gasteiger partial charge in [0.25, 0.3) is 0 Å². The number of pyridine rings is 1. The SMILES string of the molecule is Cc1cc(C)n2nc(/C=C/c3ncc(-c4ccccc4)[nH]3)nc2c1. The Bertz CT molecular complexity index is 1020. The molecule has 0 atom stereocenters. The highest BCUT2D eigenvalue weighted by molar-refractivity contribution is 5.67. The summed E-state index contributed by atoms with van der Waals surface area (Å²) in [5.41, 5.74) is 5.21. The smallest absolute Gasteiger partial charge is 0.175 e. The first-order chi connectivity index (χ1) is 11.7. The number of aromatic nitrogens is 5. The lowest BCUT2D eigenvalue weighted by Gasteiger charge is -1.98. The Kier molecular flexibility index (Phi) is 3.46. The Morgan fingerprint density at radius 3 is 2.71 bits per heavy atom. The van der Waals surface area contributed by atoms with Crippen LogP contribution in [0, 0.1) is 13.8 Å². The quantitative estimate of drug-likeness (QED) is 0.623. The van der Waals surface area contributed by atoms with Crippen LogP contribution in [-0.2, 0) is 0 Å². The molecule has 0 spiro atoms. The van der Waals surface area contributed by atoms with Gasteiger partial charge in [0.05, 0.1) is 11.9 Å². The highest BCUT2D eigenvalue weighted by atomic mass is 15.3. The van der Waals surface area contributed by atoms with Gasteiger partial charge in [-0.1, -0.05) is 30.3 Å². The molecule has 4 rings (SSSR count). The number of hydrogen-bond acceptors (Lipinski definition) is 3. The van der Waals surface area contributed by atoms with Crippen LogP contribution in [0.1, 0.15) is 22.9 Å². The number of H-pyrrole nitrogens is 1. The van der Waals surface area contributed by atoms with E-state index in [4.69, 9.17) is 0 Å². The Morgan fingerprint density at radius 1 is 1.04 bits per heavy atom. The summed E-state index contributed by atoms with van der Waals surface area (Å²) in [6.07, 6.45) is 5.60. The van der Waals surface area contributed by atoms with Crippen LogP contribution in [0.2, 0.25) is 0 Å². The summed E-state index contributed by atoms with van der Waals surface area (Å²) in [5.74, 6) is 1.45. The van der Waals surface area contributed by atoms with E-state index in [0.29, 0.717) is 5.82 Å². The molecule has 0 amide bonds. The maximum atomic E-state index is 4.54. The fourth-order valence-corrected chi connectivity index (χ4v) is 2.74. The van der Waals surface area contributed by atoms with Crippen molar-refractivity contribution in [2.75, 3.05) is 0 Å². The van der Waals surface area contributed by atoms with Crippen molar-refractivity contribution >= 4 is 17.8 Å². The maximum absolute atomic E-state index is 4.54. The molecule has 5 nitrogen and oxygen atoms in total. The van der Waals surface area contributed by atoms with Gasteiger partial charge in [0.2, 0.25) is 0 Å². The van der Waals surface area contributed by atoms with Gasteiger partial charge in [0.1, 0.15) is 5.82 Å². The first-order valence-corrected chi connectivity index (χ1v) is 7.81. The van der Waals surface area contributed by atoms with E-state index >= 15 is 0 Å². The number of aryl methyl sites for hydroxylation is 2. The third kappa shape index (κ3) is 2.72. The molecule has 24 heavy (non-hydrogen) atoms. The van der Waals surface area contributed by atoms with Gasteiger partial charge in [-0.2, -0.15) is 0 Å². The second kappa shape index (κ2) is 5.77. The zero-order valence-corrected chi connectivity index (χ0v) is 13.6. The number of rotatable bonds is 3. The number of aromatic amines is 1. The Labute approximate surface area is 139 Å². The lowest BCUT2D eigenvalue weighted by atomic mass is 10.2. The van der Waals surface area contributed by atoms with Gasteiger partial charge in [-0.3, -0.25) is 0 Å². The zero-order chi connectivity index (χ0) is 16.5. The summed E-state index contributed by atoms with van der Waals surface area (Å²) in [6.45, 7) is 4.09. The first-order valence-electron chi connectivity index (χ1n) is 7.81. The molecule has 118 valence electrons. The molecule has 0 aliphatic carbocycles. The lowest BCUT2D eigenvalue weighted by molar-refractivity contribution is 0.906. The number of nitrogens with zero attached hydrogens (tertiary/aromatic N) is 4. The van der Waals surface area contributed by atoms with Crippen LogP contribution in [0.5, 0.6) is 0 Å². The highest BCUT2D eigenvalue weighted by Crippen LogP contribution is 2.17. The fraction of sp³-hybridized carbons (Fsp3) is 0.105. The molecule has 0 saturated carbocycles. The molecule has 5 heteroatoms. The van der Waals surface area contributed by atoms with Crippen LogP contribution < -0.4 is 0 Å². The van der Waals surface area contributed by atoms with Gasteiger partial charge >= 0.3 is 0 Å². The molecule has 0 bridgehead atoms. The second-order valence-electron chi connectivity index (χ2n) is 5.80. The van der Waals surface area contributed by atoms with Crippen molar-refractivity contribution in [1.29, 1.82) is 0 Å². The summed E-state index contributed by atoms with van der Waals surface area (Å²) >= 11 is 0. The molecule has 1 N–H and O–H groups in total. The Morgan fingerprint density at radius 2 is 1.88 bits per heavy atom. The van der Waals surface area contributed by atoms with Crippen molar-refractivity contribution in [2.24, 2.45) is 0 Å². The van der Waals surface area contributed by atoms with Crippen LogP contribution >= 0.6 is 0 Å². The number of fused-ring (bicyclic) bond motifs is 1. The maximum Gasteiger partial charge on any atom is 0.175 e. The number of imidazole rings is 1. The van der Waals surface area contributed by atoms with Crippen molar-refractivity contribution in [1.82, 2.24) is 24.6 Å². The summed E-state index contributed by atoms with van der Waals surface area (Å²) in [4.78, 5) is 12.2. The van der Waals surface area contributed by atoms with E-state index in [9.17, 15) is 0 Å². The number of benzene rings is 1. The van der Waals surface area contributed by atoms with Gasteiger partial charge in [-0.25, -0.2) is 14.5 Å². The standard InChI is InChI=1S/C19H17N5/c1-13-10-14(2)24-19(11-13)22-18(23-24)9-8-17-20-12-16(21-17)15-6-4-3-5-7-15/h3-12H,1-2H3,(H,20,21)/b9-8+. The molecule has 0 saturated heterocycles. The first kappa shape index (κ1) is 14.4. The molecule has 1 aromatic carbocycles. The highest BCUT2D eigenvalue weighted by Gasteiger charge is 2.05. The van der Waals surface area contributed by atoms with E-state index in [-0.39, 0.29) is 0 Å². The predicted molar refractivity (Wildman–Crippen MR) is 95.4 cm³/mol. The van der Waals surface area contributed by atoms with Gasteiger partial charge in [0, 0.05) is 5.69 Å². The van der Waals surface area contributed by atoms with Gasteiger partial charge in [-0.05, 0) is 49.3 Å². The van der Waals surface area contributed by atoms with E-state index in [2.05, 4.69) is 45.2 Å². The van der Waals surface area contributed by atoms with Crippen molar-refractivity contribution < 1.29 is 0 Å². The minimum absolute atomic E-state index is 0.668. The lowest BCUT2D eigenvalue weighted by Crippen LogP contribution is -1.93. The van der Waals surface area contributed by atoms with E-state index in [1.165, 1.54) is 5.56 Å². The average molecular weight is 315 g/mol. The molecular weight excluding hydrogens is 298 g/mol. The summed E-state index contributed by atoms with van der Waals surface area (Å²) in [6, 6.07) is 14.2. The minimum atomic E-state index is 0.668. The largest absolute Gasteiger partial charge is 0.338 e. The van der Waals surface area contributed by atoms with E-state index < -0.39 is 0 Å². The van der Waals surface area contributed by atoms with Crippen molar-refractivity contribution in [2.45, 2.75) is 13.8 Å². The van der Waals surface area contributed by atoms with Gasteiger partial charge in [-0.15, -0.1) is 5.10 Å². The Hall–Kier alpha value is -3.21. The predicted octanol–water partition coefficient (Wildman–Crippen LogP) is 3.91. The summed E-state index contributed by atoms with van der Waals surface area (Å²) in [5, 5.41) is 4.51. The molecule has 0 aliphatic heterocycles. The summed E-state index contributed by atoms with van der Waals surface area (Å²) < 4.78 is 1.85. The third-order valence-electron chi connectivity index (χ3n) is 3.85. The van der Waals surface area contributed by atoms with Crippen molar-refractivity contribution in [3.8, 4) is 11.3 Å². The molecule has 3 heterocycles. The molecule has 3 aromatic heterocycles. The van der Waals surface area contributed by atoms with E-state index in [1.54, 1.807) is 0 Å². The molecule has 4 aromatic rings. The molecule has 0 aliphatic rings. The fourth-order valence-electron chi connectivity index (χ4n) is 2.74. The normalized spacial score (nSPS) is 11.6. The van der Waals surface area contributed by atoms with Crippen LogP contribution in [0.15, 0.2) is 48.7 Å². The van der Waals surface area contributed by atoms with Crippen LogP contribution in [-0.4, -0.2) is 24.6 Å². The topological polar surface area (TPSA) is 58.9 Å². The van der Waals surface area contributed by atoms with Gasteiger partial charge in [0.15, 0.2) is 11.5 Å². The Balaban J connectivity index is 1.62. The zero-order valence-electron chi connectivity index (χ0n) is 13.6. The van der Waals surface area contributed by atoms with Crippen LogP contribution in [0.25, 0.3) is 29.1 Å². The molecule has 0 fully saturated rings. The van der Waals surface area contributed by atoms with E-state index in [1.807, 2.05) is 54.1 Å². The molecule has 0 unspecified atom stereocenters. The third-order valence-corrected chi connectivity index (χ3v) is 3.85. The van der Waals surface area contributed by atoms with Crippen LogP contribution in [0.3, 0.4) is 0 Å². The number of nitrogens with one attached hydrogen (secondary N) is 1. The summed E-state index contributed by atoms with van der Waals surface area (Å²) in [7, 11) is 0. The minimum Gasteiger partial charge on any atom is -0.338 e. The van der Waals surface area contributed by atoms with E-state index in [0.717, 1.165) is 28.4 Å². The van der Waals surface area contributed by atoms with Crippen molar-refractivity contribution in [3.63, 3.8) is 0 Å². The van der Waals surface area contributed by atoms with Crippen molar-refractivity contribution in [3.05, 3.63) is 71.6 Å².